The van der Waals surface area contributed by atoms with E-state index in [2.05, 4.69) is 25.8 Å². The highest BCUT2D eigenvalue weighted by Crippen LogP contribution is 2.35. The molecule has 1 aliphatic heterocycles. The van der Waals surface area contributed by atoms with Crippen molar-refractivity contribution < 1.29 is 27.4 Å². The summed E-state index contributed by atoms with van der Waals surface area (Å²) in [4.78, 5) is 12.1. The fraction of sp³-hybridized carbons (Fsp3) is 0.176. The highest BCUT2D eigenvalue weighted by atomic mass is 19.4. The van der Waals surface area contributed by atoms with Crippen LogP contribution in [0.2, 0.25) is 0 Å². The van der Waals surface area contributed by atoms with Crippen LogP contribution in [0.4, 0.5) is 13.2 Å². The number of hydrogen-bond acceptors (Lipinski definition) is 6. The molecule has 0 bridgehead atoms. The van der Waals surface area contributed by atoms with Crippen molar-refractivity contribution in [3.63, 3.8) is 0 Å². The van der Waals surface area contributed by atoms with E-state index < -0.39 is 18.6 Å². The summed E-state index contributed by atoms with van der Waals surface area (Å²) in [6, 6.07) is 8.14. The first-order valence-electron chi connectivity index (χ1n) is 8.26. The fourth-order valence-electron chi connectivity index (χ4n) is 2.58. The van der Waals surface area contributed by atoms with Crippen molar-refractivity contribution in [2.24, 2.45) is 5.10 Å². The van der Waals surface area contributed by atoms with Crippen LogP contribution < -0.4 is 14.9 Å². The molecule has 12 heteroatoms. The molecule has 1 aliphatic rings. The minimum atomic E-state index is -4.37. The van der Waals surface area contributed by atoms with Crippen LogP contribution in [0.5, 0.6) is 11.5 Å². The lowest BCUT2D eigenvalue weighted by molar-refractivity contribution is -0.142. The number of alkyl halides is 3. The number of nitrogens with zero attached hydrogens (tertiary/aromatic N) is 4. The second kappa shape index (κ2) is 7.30. The Balaban J connectivity index is 1.38. The first-order chi connectivity index (χ1) is 13.9. The van der Waals surface area contributed by atoms with Gasteiger partial charge < -0.3 is 9.47 Å². The third kappa shape index (κ3) is 4.36. The number of hydrazone groups is 1. The van der Waals surface area contributed by atoms with Gasteiger partial charge in [0.2, 0.25) is 6.79 Å². The van der Waals surface area contributed by atoms with Gasteiger partial charge in [-0.2, -0.15) is 28.5 Å². The second-order valence-corrected chi connectivity index (χ2v) is 5.99. The maximum atomic E-state index is 12.3. The van der Waals surface area contributed by atoms with Crippen LogP contribution in [0, 0.1) is 0 Å². The van der Waals surface area contributed by atoms with Gasteiger partial charge in [-0.25, -0.2) is 5.43 Å². The SMILES string of the molecule is O=C(N/N=C\c1ccn(CC(F)(F)F)n1)c1cc(-c2ccc3c(c2)OCO3)n[nH]1. The zero-order valence-corrected chi connectivity index (χ0v) is 14.6. The Kier molecular flexibility index (Phi) is 4.66. The molecule has 0 saturated carbocycles. The normalized spacial score (nSPS) is 13.2. The Labute approximate surface area is 161 Å². The number of carbonyl (C=O) groups is 1. The zero-order valence-electron chi connectivity index (χ0n) is 14.6. The number of hydrogen-bond donors (Lipinski definition) is 2. The number of aromatic nitrogens is 4. The molecule has 0 aliphatic carbocycles. The number of halogens is 3. The Bertz CT molecular complexity index is 1070. The quantitative estimate of drug-likeness (QED) is 0.500. The van der Waals surface area contributed by atoms with Gasteiger partial charge >= 0.3 is 6.18 Å². The molecule has 2 aromatic heterocycles. The van der Waals surface area contributed by atoms with Gasteiger partial charge in [-0.15, -0.1) is 0 Å². The summed E-state index contributed by atoms with van der Waals surface area (Å²) in [6.45, 7) is -1.05. The van der Waals surface area contributed by atoms with Crippen molar-refractivity contribution in [1.29, 1.82) is 0 Å². The van der Waals surface area contributed by atoms with Crippen molar-refractivity contribution in [2.45, 2.75) is 12.7 Å². The number of fused-ring (bicyclic) bond motifs is 1. The molecule has 2 N–H and O–H groups in total. The molecule has 3 aromatic rings. The van der Waals surface area contributed by atoms with Crippen LogP contribution in [0.3, 0.4) is 0 Å². The first kappa shape index (κ1) is 18.5. The van der Waals surface area contributed by atoms with E-state index in [1.165, 1.54) is 18.3 Å². The first-order valence-corrected chi connectivity index (χ1v) is 8.26. The van der Waals surface area contributed by atoms with Crippen molar-refractivity contribution in [2.75, 3.05) is 6.79 Å². The smallest absolute Gasteiger partial charge is 0.408 e. The van der Waals surface area contributed by atoms with Crippen LogP contribution in [-0.4, -0.2) is 45.1 Å². The molecule has 1 amide bonds. The molecule has 150 valence electrons. The predicted molar refractivity (Wildman–Crippen MR) is 93.5 cm³/mol. The molecule has 0 atom stereocenters. The van der Waals surface area contributed by atoms with Crippen molar-refractivity contribution in [1.82, 2.24) is 25.4 Å². The number of carbonyl (C=O) groups excluding carboxylic acids is 1. The van der Waals surface area contributed by atoms with E-state index in [1.54, 1.807) is 18.2 Å². The molecule has 4 rings (SSSR count). The highest BCUT2D eigenvalue weighted by molar-refractivity contribution is 5.94. The largest absolute Gasteiger partial charge is 0.454 e. The minimum Gasteiger partial charge on any atom is -0.454 e. The van der Waals surface area contributed by atoms with E-state index in [0.29, 0.717) is 17.2 Å². The number of rotatable bonds is 5. The average molecular weight is 406 g/mol. The number of ether oxygens (including phenoxy) is 2. The molecule has 0 spiro atoms. The Morgan fingerprint density at radius 1 is 1.28 bits per heavy atom. The molecule has 0 fully saturated rings. The lowest BCUT2D eigenvalue weighted by Crippen LogP contribution is -2.19. The van der Waals surface area contributed by atoms with Crippen LogP contribution in [0.25, 0.3) is 11.3 Å². The van der Waals surface area contributed by atoms with Crippen LogP contribution in [0.1, 0.15) is 16.2 Å². The molecule has 3 heterocycles. The predicted octanol–water partition coefficient (Wildman–Crippen LogP) is 2.33. The van der Waals surface area contributed by atoms with Gasteiger partial charge in [0.1, 0.15) is 17.9 Å². The molecule has 29 heavy (non-hydrogen) atoms. The number of benzene rings is 1. The highest BCUT2D eigenvalue weighted by Gasteiger charge is 2.28. The zero-order chi connectivity index (χ0) is 20.4. The summed E-state index contributed by atoms with van der Waals surface area (Å²) in [5.41, 5.74) is 3.81. The Morgan fingerprint density at radius 3 is 2.93 bits per heavy atom. The standard InChI is InChI=1S/C17H13F3N6O3/c18-17(19,20)8-26-4-3-11(25-26)7-21-24-16(27)13-6-12(22-23-13)10-1-2-14-15(5-10)29-9-28-14/h1-7H,8-9H2,(H,22,23)(H,24,27)/b21-7-. The third-order valence-electron chi connectivity index (χ3n) is 3.86. The van der Waals surface area contributed by atoms with Crippen LogP contribution >= 0.6 is 0 Å². The fourth-order valence-corrected chi connectivity index (χ4v) is 2.58. The molecule has 1 aromatic carbocycles. The summed E-state index contributed by atoms with van der Waals surface area (Å²) >= 11 is 0. The van der Waals surface area contributed by atoms with E-state index in [1.807, 2.05) is 0 Å². The van der Waals surface area contributed by atoms with E-state index in [9.17, 15) is 18.0 Å². The maximum Gasteiger partial charge on any atom is 0.408 e. The molecular formula is C17H13F3N6O3. The maximum absolute atomic E-state index is 12.3. The van der Waals surface area contributed by atoms with Crippen LogP contribution in [0.15, 0.2) is 41.6 Å². The summed E-state index contributed by atoms with van der Waals surface area (Å²) < 4.78 is 48.2. The van der Waals surface area contributed by atoms with Gasteiger partial charge in [-0.05, 0) is 30.3 Å². The Morgan fingerprint density at radius 2 is 2.10 bits per heavy atom. The molecular weight excluding hydrogens is 393 g/mol. The second-order valence-electron chi connectivity index (χ2n) is 5.99. The van der Waals surface area contributed by atoms with Gasteiger partial charge in [0.25, 0.3) is 5.91 Å². The summed E-state index contributed by atoms with van der Waals surface area (Å²) in [7, 11) is 0. The van der Waals surface area contributed by atoms with Gasteiger partial charge in [0, 0.05) is 11.8 Å². The van der Waals surface area contributed by atoms with Crippen molar-refractivity contribution in [3.8, 4) is 22.8 Å². The number of amides is 1. The van der Waals surface area contributed by atoms with E-state index >= 15 is 0 Å². The topological polar surface area (TPSA) is 106 Å². The summed E-state index contributed by atoms with van der Waals surface area (Å²) in [5, 5.41) is 14.1. The van der Waals surface area contributed by atoms with Gasteiger partial charge in [-0.3, -0.25) is 14.6 Å². The van der Waals surface area contributed by atoms with Gasteiger partial charge in [0.15, 0.2) is 11.5 Å². The van der Waals surface area contributed by atoms with Crippen molar-refractivity contribution >= 4 is 12.1 Å². The average Bonchev–Trinajstić information content (AvgIpc) is 3.40. The number of aromatic amines is 1. The third-order valence-corrected chi connectivity index (χ3v) is 3.86. The van der Waals surface area contributed by atoms with Gasteiger partial charge in [0.05, 0.1) is 11.9 Å². The molecule has 0 radical (unpaired) electrons. The summed E-state index contributed by atoms with van der Waals surface area (Å²) in [5.74, 6) is 0.649. The Hall–Kier alpha value is -3.83. The molecule has 0 saturated heterocycles. The van der Waals surface area contributed by atoms with E-state index in [-0.39, 0.29) is 18.2 Å². The number of nitrogens with one attached hydrogen (secondary N) is 2. The lowest BCUT2D eigenvalue weighted by atomic mass is 10.1. The van der Waals surface area contributed by atoms with Crippen LogP contribution in [-0.2, 0) is 6.54 Å². The van der Waals surface area contributed by atoms with E-state index in [0.717, 1.165) is 16.5 Å². The molecule has 0 unspecified atom stereocenters. The van der Waals surface area contributed by atoms with Gasteiger partial charge in [-0.1, -0.05) is 0 Å². The monoisotopic (exact) mass is 406 g/mol. The summed E-state index contributed by atoms with van der Waals surface area (Å²) in [6.07, 6.45) is -2.06. The molecule has 9 nitrogen and oxygen atoms in total. The lowest BCUT2D eigenvalue weighted by Gasteiger charge is -2.04. The van der Waals surface area contributed by atoms with Crippen molar-refractivity contribution in [3.05, 3.63) is 47.9 Å². The number of H-pyrrole nitrogens is 1. The minimum absolute atomic E-state index is 0.150. The van der Waals surface area contributed by atoms with E-state index in [4.69, 9.17) is 9.47 Å².